The van der Waals surface area contributed by atoms with Crippen LogP contribution in [0.2, 0.25) is 0 Å². The first-order valence-corrected chi connectivity index (χ1v) is 21.9. The predicted octanol–water partition coefficient (Wildman–Crippen LogP) is 17.0. The second-order valence-electron chi connectivity index (χ2n) is 16.1. The van der Waals surface area contributed by atoms with E-state index in [1.165, 1.54) is 63.9 Å². The van der Waals surface area contributed by atoms with Gasteiger partial charge in [-0.2, -0.15) is 0 Å². The van der Waals surface area contributed by atoms with Crippen LogP contribution in [0.5, 0.6) is 0 Å². The molecule has 0 bridgehead atoms. The van der Waals surface area contributed by atoms with Gasteiger partial charge in [0.05, 0.1) is 16.7 Å². The fourth-order valence-electron chi connectivity index (χ4n) is 9.77. The van der Waals surface area contributed by atoms with Gasteiger partial charge in [0.15, 0.2) is 0 Å². The monoisotopic (exact) mass is 808 g/mol. The summed E-state index contributed by atoms with van der Waals surface area (Å²) in [4.78, 5) is 2.45. The van der Waals surface area contributed by atoms with Crippen LogP contribution in [0.15, 0.2) is 223 Å². The van der Waals surface area contributed by atoms with Gasteiger partial charge in [0, 0.05) is 75.5 Å². The summed E-state index contributed by atoms with van der Waals surface area (Å²) in [6.07, 6.45) is 0. The van der Waals surface area contributed by atoms with Crippen LogP contribution >= 0.6 is 11.3 Å². The molecule has 13 aromatic rings. The van der Waals surface area contributed by atoms with Gasteiger partial charge in [-0.15, -0.1) is 11.3 Å². The summed E-state index contributed by atoms with van der Waals surface area (Å²) in [7, 11) is 0. The Labute approximate surface area is 361 Å². The fraction of sp³-hybridized carbons (Fsp3) is 0. The van der Waals surface area contributed by atoms with E-state index in [4.69, 9.17) is 4.42 Å². The molecule has 0 fully saturated rings. The third-order valence-electron chi connectivity index (χ3n) is 12.5. The highest BCUT2D eigenvalue weighted by atomic mass is 32.1. The molecule has 290 valence electrons. The van der Waals surface area contributed by atoms with Crippen molar-refractivity contribution in [1.29, 1.82) is 0 Å². The molecule has 0 unspecified atom stereocenters. The van der Waals surface area contributed by atoms with Crippen LogP contribution in [0.1, 0.15) is 0 Å². The van der Waals surface area contributed by atoms with Gasteiger partial charge in [0.2, 0.25) is 0 Å². The molecule has 13 rings (SSSR count). The molecular weight excluding hydrogens is 773 g/mol. The van der Waals surface area contributed by atoms with Crippen molar-refractivity contribution >= 4 is 103 Å². The topological polar surface area (TPSA) is 21.3 Å². The quantitative estimate of drug-likeness (QED) is 0.167. The Bertz CT molecular complexity index is 3850. The second kappa shape index (κ2) is 13.8. The Kier molecular flexibility index (Phi) is 7.78. The highest BCUT2D eigenvalue weighted by molar-refractivity contribution is 7.26. The van der Waals surface area contributed by atoms with Crippen LogP contribution in [0.4, 0.5) is 17.1 Å². The van der Waals surface area contributed by atoms with Crippen LogP contribution in [-0.2, 0) is 0 Å². The lowest BCUT2D eigenvalue weighted by Gasteiger charge is -2.29. The molecule has 4 heteroatoms. The first-order valence-electron chi connectivity index (χ1n) is 21.1. The van der Waals surface area contributed by atoms with Crippen molar-refractivity contribution in [2.45, 2.75) is 0 Å². The van der Waals surface area contributed by atoms with Gasteiger partial charge in [-0.05, 0) is 83.1 Å². The van der Waals surface area contributed by atoms with E-state index in [0.717, 1.165) is 55.8 Å². The van der Waals surface area contributed by atoms with Crippen molar-refractivity contribution in [2.24, 2.45) is 0 Å². The van der Waals surface area contributed by atoms with Crippen LogP contribution in [0.25, 0.3) is 103 Å². The van der Waals surface area contributed by atoms with E-state index in [0.29, 0.717) is 0 Å². The molecule has 0 saturated carbocycles. The molecule has 0 atom stereocenters. The smallest absolute Gasteiger partial charge is 0.143 e. The molecule has 0 aliphatic rings. The Morgan fingerprint density at radius 2 is 1.06 bits per heavy atom. The van der Waals surface area contributed by atoms with Crippen molar-refractivity contribution in [1.82, 2.24) is 4.57 Å². The number of rotatable bonds is 6. The molecule has 0 radical (unpaired) electrons. The first-order chi connectivity index (χ1) is 30.7. The maximum absolute atomic E-state index is 6.69. The van der Waals surface area contributed by atoms with E-state index < -0.39 is 0 Å². The molecule has 0 saturated heterocycles. The molecule has 10 aromatic carbocycles. The number of anilines is 3. The summed E-state index contributed by atoms with van der Waals surface area (Å²) in [6, 6.07) is 79.3. The maximum Gasteiger partial charge on any atom is 0.143 e. The van der Waals surface area contributed by atoms with Crippen molar-refractivity contribution in [2.75, 3.05) is 4.90 Å². The summed E-state index contributed by atoms with van der Waals surface area (Å²) in [5, 5.41) is 9.63. The third-order valence-corrected chi connectivity index (χ3v) is 13.8. The van der Waals surface area contributed by atoms with E-state index in [9.17, 15) is 0 Å². The lowest BCUT2D eigenvalue weighted by molar-refractivity contribution is 0.670. The molecule has 0 N–H and O–H groups in total. The number of furan rings is 1. The van der Waals surface area contributed by atoms with E-state index in [-0.39, 0.29) is 0 Å². The van der Waals surface area contributed by atoms with Crippen LogP contribution < -0.4 is 4.90 Å². The summed E-state index contributed by atoms with van der Waals surface area (Å²) in [5.41, 5.74) is 13.1. The van der Waals surface area contributed by atoms with Gasteiger partial charge in [-0.25, -0.2) is 0 Å². The van der Waals surface area contributed by atoms with Crippen LogP contribution in [0, 0.1) is 0 Å². The highest BCUT2D eigenvalue weighted by Crippen LogP contribution is 2.49. The molecule has 0 amide bonds. The average molecular weight is 809 g/mol. The van der Waals surface area contributed by atoms with Crippen molar-refractivity contribution in [3.8, 4) is 27.9 Å². The standard InChI is InChI=1S/C58H36N2OS/c1-2-16-38-33-41(32-31-37(38)15-1)59(52-26-8-5-21-45(52)48-24-14-25-49-46-22-6-11-29-55(46)61-57(48)49)42-35-50(58-51(36-42)47-23-7-12-30-56(47)62-58)39-17-13-18-40(34-39)60-53-27-9-3-19-43(53)44-20-4-10-28-54(44)60/h1-36H. The second-order valence-corrected chi connectivity index (χ2v) is 17.1. The number of para-hydroxylation sites is 5. The molecule has 0 spiro atoms. The summed E-state index contributed by atoms with van der Waals surface area (Å²) in [6.45, 7) is 0. The first kappa shape index (κ1) is 34.9. The fourth-order valence-corrected chi connectivity index (χ4v) is 11.0. The summed E-state index contributed by atoms with van der Waals surface area (Å²) in [5.74, 6) is 0. The molecule has 62 heavy (non-hydrogen) atoms. The third kappa shape index (κ3) is 5.37. The number of hydrogen-bond donors (Lipinski definition) is 0. The maximum atomic E-state index is 6.69. The van der Waals surface area contributed by atoms with Gasteiger partial charge in [0.1, 0.15) is 11.2 Å². The van der Waals surface area contributed by atoms with Crippen molar-refractivity contribution < 1.29 is 4.42 Å². The summed E-state index contributed by atoms with van der Waals surface area (Å²) < 4.78 is 11.6. The Morgan fingerprint density at radius 1 is 0.403 bits per heavy atom. The average Bonchev–Trinajstić information content (AvgIpc) is 4.02. The largest absolute Gasteiger partial charge is 0.455 e. The number of nitrogens with zero attached hydrogens (tertiary/aromatic N) is 2. The molecule has 3 nitrogen and oxygen atoms in total. The molecular formula is C58H36N2OS. The zero-order valence-corrected chi connectivity index (χ0v) is 34.3. The minimum absolute atomic E-state index is 0.890. The van der Waals surface area contributed by atoms with Crippen LogP contribution in [0.3, 0.4) is 0 Å². The minimum atomic E-state index is 0.890. The van der Waals surface area contributed by atoms with E-state index in [2.05, 4.69) is 222 Å². The van der Waals surface area contributed by atoms with Crippen molar-refractivity contribution in [3.05, 3.63) is 218 Å². The number of benzene rings is 10. The van der Waals surface area contributed by atoms with Gasteiger partial charge in [0.25, 0.3) is 0 Å². The Balaban J connectivity index is 1.09. The molecule has 0 aliphatic carbocycles. The zero-order valence-electron chi connectivity index (χ0n) is 33.5. The number of hydrogen-bond acceptors (Lipinski definition) is 3. The molecule has 0 aliphatic heterocycles. The normalized spacial score (nSPS) is 11.9. The predicted molar refractivity (Wildman–Crippen MR) is 264 cm³/mol. The van der Waals surface area contributed by atoms with E-state index >= 15 is 0 Å². The minimum Gasteiger partial charge on any atom is -0.455 e. The van der Waals surface area contributed by atoms with Gasteiger partial charge < -0.3 is 13.9 Å². The van der Waals surface area contributed by atoms with Crippen LogP contribution in [-0.4, -0.2) is 4.57 Å². The van der Waals surface area contributed by atoms with Gasteiger partial charge in [-0.1, -0.05) is 152 Å². The molecule has 3 heterocycles. The lowest BCUT2D eigenvalue weighted by Crippen LogP contribution is -2.11. The van der Waals surface area contributed by atoms with Gasteiger partial charge in [-0.3, -0.25) is 0 Å². The zero-order chi connectivity index (χ0) is 40.7. The number of aromatic nitrogens is 1. The lowest BCUT2D eigenvalue weighted by atomic mass is 9.97. The number of fused-ring (bicyclic) bond motifs is 10. The van der Waals surface area contributed by atoms with Crippen molar-refractivity contribution in [3.63, 3.8) is 0 Å². The van der Waals surface area contributed by atoms with E-state index in [1.807, 2.05) is 17.4 Å². The molecule has 3 aromatic heterocycles. The summed E-state index contributed by atoms with van der Waals surface area (Å²) >= 11 is 1.87. The van der Waals surface area contributed by atoms with Gasteiger partial charge >= 0.3 is 0 Å². The van der Waals surface area contributed by atoms with E-state index in [1.54, 1.807) is 0 Å². The number of thiophene rings is 1. The Hall–Kier alpha value is -7.92. The Morgan fingerprint density at radius 3 is 1.92 bits per heavy atom. The SMILES string of the molecule is c1cc(-c2cc(N(c3ccc4ccccc4c3)c3ccccc3-c3cccc4c3oc3ccccc34)cc3c2sc2ccccc23)cc(-n2c3ccccc3c3ccccc32)c1. The highest BCUT2D eigenvalue weighted by Gasteiger charge is 2.23.